The lowest BCUT2D eigenvalue weighted by Gasteiger charge is -2.28. The Morgan fingerprint density at radius 3 is 2.80 bits per heavy atom. The molecule has 20 heavy (non-hydrogen) atoms. The number of halogens is 1. The lowest BCUT2D eigenvalue weighted by atomic mass is 9.83. The first kappa shape index (κ1) is 15.8. The normalized spacial score (nSPS) is 21.1. The van der Waals surface area contributed by atoms with Crippen molar-refractivity contribution in [2.24, 2.45) is 5.41 Å². The number of benzene rings is 1. The van der Waals surface area contributed by atoms with Crippen molar-refractivity contribution in [1.82, 2.24) is 5.32 Å². The molecule has 0 saturated heterocycles. The van der Waals surface area contributed by atoms with Crippen LogP contribution in [0.5, 0.6) is 5.75 Å². The summed E-state index contributed by atoms with van der Waals surface area (Å²) in [5, 5.41) is 3.73. The Morgan fingerprint density at radius 2 is 2.15 bits per heavy atom. The maximum absolute atomic E-state index is 5.45. The van der Waals surface area contributed by atoms with E-state index in [0.717, 1.165) is 25.1 Å². The van der Waals surface area contributed by atoms with Crippen LogP contribution in [0.15, 0.2) is 16.6 Å². The van der Waals surface area contributed by atoms with Crippen LogP contribution in [0.4, 0.5) is 0 Å². The van der Waals surface area contributed by atoms with Gasteiger partial charge in [-0.05, 0) is 60.9 Å². The third kappa shape index (κ3) is 3.56. The first-order valence-electron chi connectivity index (χ1n) is 7.56. The Kier molecular flexibility index (Phi) is 5.14. The van der Waals surface area contributed by atoms with E-state index in [4.69, 9.17) is 4.74 Å². The highest BCUT2D eigenvalue weighted by molar-refractivity contribution is 9.10. The van der Waals surface area contributed by atoms with Crippen molar-refractivity contribution in [3.05, 3.63) is 27.7 Å². The summed E-state index contributed by atoms with van der Waals surface area (Å²) in [6.07, 6.45) is 4.71. The molecule has 0 radical (unpaired) electrons. The van der Waals surface area contributed by atoms with E-state index in [-0.39, 0.29) is 0 Å². The second kappa shape index (κ2) is 6.48. The molecule has 2 rings (SSSR count). The number of methoxy groups -OCH3 is 1. The zero-order valence-electron chi connectivity index (χ0n) is 13.1. The standard InChI is InChI=1S/C17H26BrNO/c1-5-8-19-16-11-17(2,3)7-6-13-14(16)9-12(20-4)10-15(13)18/h9-10,16,19H,5-8,11H2,1-4H3. The van der Waals surface area contributed by atoms with Crippen LogP contribution in [0.1, 0.15) is 57.2 Å². The van der Waals surface area contributed by atoms with Crippen molar-refractivity contribution >= 4 is 15.9 Å². The predicted molar refractivity (Wildman–Crippen MR) is 88.4 cm³/mol. The van der Waals surface area contributed by atoms with Gasteiger partial charge in [-0.25, -0.2) is 0 Å². The largest absolute Gasteiger partial charge is 0.497 e. The average Bonchev–Trinajstić information content (AvgIpc) is 2.53. The van der Waals surface area contributed by atoms with Gasteiger partial charge in [0.1, 0.15) is 5.75 Å². The quantitative estimate of drug-likeness (QED) is 0.790. The molecule has 1 atom stereocenters. The summed E-state index contributed by atoms with van der Waals surface area (Å²) < 4.78 is 6.64. The van der Waals surface area contributed by atoms with E-state index >= 15 is 0 Å². The van der Waals surface area contributed by atoms with Crippen LogP contribution in [0.25, 0.3) is 0 Å². The highest BCUT2D eigenvalue weighted by Gasteiger charge is 2.30. The van der Waals surface area contributed by atoms with Crippen molar-refractivity contribution in [2.75, 3.05) is 13.7 Å². The molecule has 0 bridgehead atoms. The molecule has 0 fully saturated rings. The van der Waals surface area contributed by atoms with Gasteiger partial charge in [-0.3, -0.25) is 0 Å². The molecule has 112 valence electrons. The molecule has 2 nitrogen and oxygen atoms in total. The molecule has 1 aromatic carbocycles. The Hall–Kier alpha value is -0.540. The summed E-state index contributed by atoms with van der Waals surface area (Å²) in [7, 11) is 1.74. The van der Waals surface area contributed by atoms with Gasteiger partial charge in [0.2, 0.25) is 0 Å². The predicted octanol–water partition coefficient (Wildman–Crippen LogP) is 4.86. The number of ether oxygens (including phenoxy) is 1. The van der Waals surface area contributed by atoms with Gasteiger partial charge in [-0.1, -0.05) is 36.7 Å². The van der Waals surface area contributed by atoms with Crippen molar-refractivity contribution in [3.8, 4) is 5.75 Å². The van der Waals surface area contributed by atoms with E-state index in [1.165, 1.54) is 28.4 Å². The lowest BCUT2D eigenvalue weighted by Crippen LogP contribution is -2.26. The second-order valence-electron chi connectivity index (χ2n) is 6.55. The third-order valence-corrected chi connectivity index (χ3v) is 4.97. The van der Waals surface area contributed by atoms with Crippen LogP contribution in [0.2, 0.25) is 0 Å². The number of rotatable bonds is 4. The molecule has 1 aliphatic rings. The van der Waals surface area contributed by atoms with Crippen molar-refractivity contribution in [3.63, 3.8) is 0 Å². The maximum Gasteiger partial charge on any atom is 0.120 e. The van der Waals surface area contributed by atoms with Gasteiger partial charge < -0.3 is 10.1 Å². The van der Waals surface area contributed by atoms with Gasteiger partial charge in [0, 0.05) is 10.5 Å². The summed E-state index contributed by atoms with van der Waals surface area (Å²) >= 11 is 3.73. The molecule has 0 amide bonds. The van der Waals surface area contributed by atoms with Crippen molar-refractivity contribution < 1.29 is 4.74 Å². The molecule has 1 aromatic rings. The van der Waals surface area contributed by atoms with Crippen molar-refractivity contribution in [2.45, 2.75) is 52.5 Å². The molecule has 0 aromatic heterocycles. The summed E-state index contributed by atoms with van der Waals surface area (Å²) in [4.78, 5) is 0. The summed E-state index contributed by atoms with van der Waals surface area (Å²) in [6.45, 7) is 8.04. The Labute approximate surface area is 131 Å². The van der Waals surface area contributed by atoms with E-state index in [2.05, 4.69) is 54.2 Å². The van der Waals surface area contributed by atoms with Crippen LogP contribution in [0, 0.1) is 5.41 Å². The fraction of sp³-hybridized carbons (Fsp3) is 0.647. The van der Waals surface area contributed by atoms with Gasteiger partial charge in [0.15, 0.2) is 0 Å². The molecule has 0 spiro atoms. The zero-order chi connectivity index (χ0) is 14.8. The van der Waals surface area contributed by atoms with Crippen molar-refractivity contribution in [1.29, 1.82) is 0 Å². The third-order valence-electron chi connectivity index (χ3n) is 4.26. The van der Waals surface area contributed by atoms with Crippen LogP contribution in [0.3, 0.4) is 0 Å². The Bertz CT molecular complexity index is 470. The van der Waals surface area contributed by atoms with E-state index in [1.54, 1.807) is 7.11 Å². The molecular weight excluding hydrogens is 314 g/mol. The SMILES string of the molecule is CCCNC1CC(C)(C)CCc2c(Br)cc(OC)cc21. The van der Waals surface area contributed by atoms with Gasteiger partial charge in [0.05, 0.1) is 7.11 Å². The minimum absolute atomic E-state index is 0.372. The molecule has 0 saturated carbocycles. The van der Waals surface area contributed by atoms with Gasteiger partial charge >= 0.3 is 0 Å². The first-order valence-corrected chi connectivity index (χ1v) is 8.36. The zero-order valence-corrected chi connectivity index (χ0v) is 14.6. The molecule has 0 heterocycles. The topological polar surface area (TPSA) is 21.3 Å². The van der Waals surface area contributed by atoms with Gasteiger partial charge in [-0.2, -0.15) is 0 Å². The fourth-order valence-corrected chi connectivity index (χ4v) is 3.71. The number of hydrogen-bond acceptors (Lipinski definition) is 2. The number of nitrogens with one attached hydrogen (secondary N) is 1. The average molecular weight is 340 g/mol. The molecular formula is C17H26BrNO. The summed E-state index contributed by atoms with van der Waals surface area (Å²) in [6, 6.07) is 4.73. The van der Waals surface area contributed by atoms with E-state index < -0.39 is 0 Å². The van der Waals surface area contributed by atoms with Crippen LogP contribution < -0.4 is 10.1 Å². The van der Waals surface area contributed by atoms with E-state index in [9.17, 15) is 0 Å². The minimum Gasteiger partial charge on any atom is -0.497 e. The van der Waals surface area contributed by atoms with Gasteiger partial charge in [-0.15, -0.1) is 0 Å². The highest BCUT2D eigenvalue weighted by atomic mass is 79.9. The monoisotopic (exact) mass is 339 g/mol. The fourth-order valence-electron chi connectivity index (χ4n) is 3.05. The van der Waals surface area contributed by atoms with Crippen LogP contribution in [-0.4, -0.2) is 13.7 Å². The minimum atomic E-state index is 0.372. The number of hydrogen-bond donors (Lipinski definition) is 1. The Morgan fingerprint density at radius 1 is 1.40 bits per heavy atom. The Balaban J connectivity index is 2.42. The second-order valence-corrected chi connectivity index (χ2v) is 7.41. The molecule has 1 aliphatic carbocycles. The summed E-state index contributed by atoms with van der Waals surface area (Å²) in [5.41, 5.74) is 3.23. The molecule has 1 unspecified atom stereocenters. The van der Waals surface area contributed by atoms with E-state index in [0.29, 0.717) is 11.5 Å². The number of fused-ring (bicyclic) bond motifs is 1. The van der Waals surface area contributed by atoms with Crippen LogP contribution in [-0.2, 0) is 6.42 Å². The van der Waals surface area contributed by atoms with E-state index in [1.807, 2.05) is 0 Å². The smallest absolute Gasteiger partial charge is 0.120 e. The molecule has 1 N–H and O–H groups in total. The van der Waals surface area contributed by atoms with Crippen LogP contribution >= 0.6 is 15.9 Å². The molecule has 0 aliphatic heterocycles. The lowest BCUT2D eigenvalue weighted by molar-refractivity contribution is 0.273. The summed E-state index contributed by atoms with van der Waals surface area (Å²) in [5.74, 6) is 0.943. The maximum atomic E-state index is 5.45. The van der Waals surface area contributed by atoms with Gasteiger partial charge in [0.25, 0.3) is 0 Å². The first-order chi connectivity index (χ1) is 9.46. The molecule has 3 heteroatoms. The highest BCUT2D eigenvalue weighted by Crippen LogP contribution is 2.42.